The summed E-state index contributed by atoms with van der Waals surface area (Å²) >= 11 is 0. The van der Waals surface area contributed by atoms with Crippen LogP contribution in [0.15, 0.2) is 60.9 Å². The van der Waals surface area contributed by atoms with Crippen molar-refractivity contribution in [2.45, 2.75) is 13.0 Å². The van der Waals surface area contributed by atoms with Gasteiger partial charge in [-0.3, -0.25) is 9.69 Å². The van der Waals surface area contributed by atoms with Crippen LogP contribution in [0.1, 0.15) is 17.5 Å². The number of fused-ring (bicyclic) bond motifs is 1. The molecule has 0 aliphatic carbocycles. The lowest BCUT2D eigenvalue weighted by molar-refractivity contribution is -0.122. The molecular formula is C21H22N4O. The van der Waals surface area contributed by atoms with Crippen LogP contribution in [-0.2, 0) is 11.3 Å². The van der Waals surface area contributed by atoms with E-state index in [2.05, 4.69) is 32.3 Å². The van der Waals surface area contributed by atoms with Gasteiger partial charge in [-0.1, -0.05) is 36.4 Å². The molecule has 0 spiro atoms. The summed E-state index contributed by atoms with van der Waals surface area (Å²) in [6.45, 7) is 2.70. The van der Waals surface area contributed by atoms with Crippen molar-refractivity contribution >= 4 is 22.5 Å². The number of pyridine rings is 1. The first-order chi connectivity index (χ1) is 12.8. The Balaban J connectivity index is 1.33. The zero-order valence-corrected chi connectivity index (χ0v) is 14.6. The van der Waals surface area contributed by atoms with E-state index in [1.165, 1.54) is 11.1 Å². The van der Waals surface area contributed by atoms with Gasteiger partial charge in [0.15, 0.2) is 0 Å². The van der Waals surface area contributed by atoms with Gasteiger partial charge in [0.2, 0.25) is 5.91 Å². The van der Waals surface area contributed by atoms with Crippen molar-refractivity contribution in [3.05, 3.63) is 72.1 Å². The molecular weight excluding hydrogens is 324 g/mol. The van der Waals surface area contributed by atoms with Crippen LogP contribution in [-0.4, -0.2) is 40.4 Å². The molecule has 1 amide bonds. The Morgan fingerprint density at radius 1 is 1.19 bits per heavy atom. The molecule has 4 rings (SSSR count). The average molecular weight is 346 g/mol. The monoisotopic (exact) mass is 346 g/mol. The number of benzene rings is 1. The summed E-state index contributed by atoms with van der Waals surface area (Å²) in [5.41, 5.74) is 4.59. The molecule has 26 heavy (non-hydrogen) atoms. The Morgan fingerprint density at radius 2 is 2.08 bits per heavy atom. The van der Waals surface area contributed by atoms with Crippen LogP contribution in [0.5, 0.6) is 0 Å². The second-order valence-electron chi connectivity index (χ2n) is 6.58. The normalized spacial score (nSPS) is 15.0. The van der Waals surface area contributed by atoms with Crippen LogP contribution >= 0.6 is 0 Å². The van der Waals surface area contributed by atoms with Gasteiger partial charge in [-0.25, -0.2) is 4.98 Å². The number of nitrogens with one attached hydrogen (secondary N) is 2. The fourth-order valence-electron chi connectivity index (χ4n) is 3.38. The molecule has 1 aliphatic rings. The molecule has 0 radical (unpaired) electrons. The maximum Gasteiger partial charge on any atom is 0.234 e. The van der Waals surface area contributed by atoms with E-state index in [0.717, 1.165) is 36.1 Å². The molecule has 0 saturated heterocycles. The van der Waals surface area contributed by atoms with Crippen LogP contribution < -0.4 is 5.32 Å². The summed E-state index contributed by atoms with van der Waals surface area (Å²) in [5.74, 6) is 0.0713. The molecule has 2 N–H and O–H groups in total. The highest BCUT2D eigenvalue weighted by Crippen LogP contribution is 2.28. The molecule has 1 aliphatic heterocycles. The van der Waals surface area contributed by atoms with Crippen molar-refractivity contribution in [2.75, 3.05) is 19.6 Å². The van der Waals surface area contributed by atoms with Crippen LogP contribution in [0.3, 0.4) is 0 Å². The third-order valence-electron chi connectivity index (χ3n) is 4.79. The third kappa shape index (κ3) is 3.68. The van der Waals surface area contributed by atoms with Crippen molar-refractivity contribution in [1.82, 2.24) is 20.2 Å². The zero-order chi connectivity index (χ0) is 17.8. The number of aromatic nitrogens is 2. The summed E-state index contributed by atoms with van der Waals surface area (Å²) in [6.07, 6.45) is 7.00. The maximum absolute atomic E-state index is 12.2. The van der Waals surface area contributed by atoms with Gasteiger partial charge in [0.25, 0.3) is 0 Å². The molecule has 5 nitrogen and oxygen atoms in total. The van der Waals surface area contributed by atoms with E-state index in [4.69, 9.17) is 0 Å². The lowest BCUT2D eigenvalue weighted by atomic mass is 9.99. The van der Waals surface area contributed by atoms with Gasteiger partial charge in [0.05, 0.1) is 6.54 Å². The summed E-state index contributed by atoms with van der Waals surface area (Å²) in [4.78, 5) is 21.9. The summed E-state index contributed by atoms with van der Waals surface area (Å²) in [5, 5.41) is 4.15. The second kappa shape index (κ2) is 7.54. The molecule has 0 fully saturated rings. The van der Waals surface area contributed by atoms with Crippen molar-refractivity contribution in [3.63, 3.8) is 0 Å². The van der Waals surface area contributed by atoms with Gasteiger partial charge in [-0.15, -0.1) is 0 Å². The molecule has 3 heterocycles. The smallest absolute Gasteiger partial charge is 0.234 e. The predicted molar refractivity (Wildman–Crippen MR) is 103 cm³/mol. The minimum absolute atomic E-state index is 0.0713. The summed E-state index contributed by atoms with van der Waals surface area (Å²) < 4.78 is 0. The minimum atomic E-state index is 0.0713. The van der Waals surface area contributed by atoms with Gasteiger partial charge < -0.3 is 10.3 Å². The first kappa shape index (κ1) is 16.5. The lowest BCUT2D eigenvalue weighted by Gasteiger charge is -2.25. The largest absolute Gasteiger partial charge is 0.351 e. The molecule has 5 heteroatoms. The fourth-order valence-corrected chi connectivity index (χ4v) is 3.38. The number of nitrogens with zero attached hydrogens (tertiary/aromatic N) is 2. The summed E-state index contributed by atoms with van der Waals surface area (Å²) in [7, 11) is 0. The first-order valence-corrected chi connectivity index (χ1v) is 8.94. The standard InChI is InChI=1S/C21H22N4O/c26-20(23-13-16-5-2-1-3-6-16)15-25-11-8-17(9-12-25)19-14-24-21-18(19)7-4-10-22-21/h1-8,10,14H,9,11-13,15H2,(H,22,24)(H,23,26). The Hall–Kier alpha value is -2.92. The SMILES string of the molecule is O=C(CN1CC=C(c2c[nH]c3ncccc23)CC1)NCc1ccccc1. The van der Waals surface area contributed by atoms with E-state index >= 15 is 0 Å². The number of hydrogen-bond acceptors (Lipinski definition) is 3. The number of H-pyrrole nitrogens is 1. The Kier molecular flexibility index (Phi) is 4.80. The third-order valence-corrected chi connectivity index (χ3v) is 4.79. The van der Waals surface area contributed by atoms with Gasteiger partial charge in [0.1, 0.15) is 5.65 Å². The summed E-state index contributed by atoms with van der Waals surface area (Å²) in [6, 6.07) is 14.0. The molecule has 0 bridgehead atoms. The van der Waals surface area contributed by atoms with Crippen LogP contribution in [0.4, 0.5) is 0 Å². The Labute approximate surface area is 152 Å². The van der Waals surface area contributed by atoms with E-state index in [9.17, 15) is 4.79 Å². The Bertz CT molecular complexity index is 929. The number of aromatic amines is 1. The highest BCUT2D eigenvalue weighted by Gasteiger charge is 2.17. The minimum Gasteiger partial charge on any atom is -0.351 e. The van der Waals surface area contributed by atoms with Crippen LogP contribution in [0, 0.1) is 0 Å². The highest BCUT2D eigenvalue weighted by atomic mass is 16.2. The quantitative estimate of drug-likeness (QED) is 0.747. The topological polar surface area (TPSA) is 61.0 Å². The average Bonchev–Trinajstić information content (AvgIpc) is 3.12. The van der Waals surface area contributed by atoms with Gasteiger partial charge in [0, 0.05) is 43.0 Å². The molecule has 3 aromatic rings. The van der Waals surface area contributed by atoms with E-state index in [-0.39, 0.29) is 5.91 Å². The fraction of sp³-hybridized carbons (Fsp3) is 0.238. The number of amides is 1. The number of hydrogen-bond donors (Lipinski definition) is 2. The maximum atomic E-state index is 12.2. The molecule has 0 atom stereocenters. The van der Waals surface area contributed by atoms with Crippen molar-refractivity contribution in [3.8, 4) is 0 Å². The Morgan fingerprint density at radius 3 is 2.88 bits per heavy atom. The van der Waals surface area contributed by atoms with Crippen molar-refractivity contribution in [2.24, 2.45) is 0 Å². The van der Waals surface area contributed by atoms with Crippen molar-refractivity contribution in [1.29, 1.82) is 0 Å². The molecule has 2 aromatic heterocycles. The van der Waals surface area contributed by atoms with E-state index in [1.54, 1.807) is 6.20 Å². The number of carbonyl (C=O) groups excluding carboxylic acids is 1. The second-order valence-corrected chi connectivity index (χ2v) is 6.58. The van der Waals surface area contributed by atoms with Gasteiger partial charge in [-0.2, -0.15) is 0 Å². The van der Waals surface area contributed by atoms with Gasteiger partial charge in [-0.05, 0) is 29.7 Å². The number of rotatable bonds is 5. The van der Waals surface area contributed by atoms with E-state index in [1.807, 2.05) is 42.6 Å². The van der Waals surface area contributed by atoms with Gasteiger partial charge >= 0.3 is 0 Å². The highest BCUT2D eigenvalue weighted by molar-refractivity contribution is 5.90. The molecule has 0 saturated carbocycles. The van der Waals surface area contributed by atoms with E-state index < -0.39 is 0 Å². The van der Waals surface area contributed by atoms with E-state index in [0.29, 0.717) is 13.1 Å². The first-order valence-electron chi connectivity index (χ1n) is 8.94. The molecule has 1 aromatic carbocycles. The number of carbonyl (C=O) groups is 1. The zero-order valence-electron chi connectivity index (χ0n) is 14.6. The molecule has 132 valence electrons. The van der Waals surface area contributed by atoms with Crippen LogP contribution in [0.2, 0.25) is 0 Å². The predicted octanol–water partition coefficient (Wildman–Crippen LogP) is 2.97. The lowest BCUT2D eigenvalue weighted by Crippen LogP contribution is -2.39. The molecule has 0 unspecified atom stereocenters. The van der Waals surface area contributed by atoms with Crippen LogP contribution in [0.25, 0.3) is 16.6 Å². The van der Waals surface area contributed by atoms with Crippen molar-refractivity contribution < 1.29 is 4.79 Å².